The Balaban J connectivity index is 2.03. The molecule has 0 N–H and O–H groups in total. The molecule has 0 spiro atoms. The summed E-state index contributed by atoms with van der Waals surface area (Å²) in [6, 6.07) is 5.09. The minimum Gasteiger partial charge on any atom is -0.492 e. The summed E-state index contributed by atoms with van der Waals surface area (Å²) in [6.45, 7) is 4.01. The van der Waals surface area contributed by atoms with E-state index >= 15 is 0 Å². The van der Waals surface area contributed by atoms with Crippen LogP contribution in [-0.4, -0.2) is 17.4 Å². The van der Waals surface area contributed by atoms with Gasteiger partial charge in [0.15, 0.2) is 5.78 Å². The van der Waals surface area contributed by atoms with Gasteiger partial charge in [-0.3, -0.25) is 4.79 Å². The van der Waals surface area contributed by atoms with Crippen molar-refractivity contribution in [2.75, 3.05) is 6.61 Å². The molecule has 19 heavy (non-hydrogen) atoms. The van der Waals surface area contributed by atoms with Crippen LogP contribution in [-0.2, 0) is 6.42 Å². The van der Waals surface area contributed by atoms with Gasteiger partial charge in [-0.25, -0.2) is 4.98 Å². The van der Waals surface area contributed by atoms with Crippen LogP contribution in [0.25, 0.3) is 0 Å². The van der Waals surface area contributed by atoms with Crippen LogP contribution in [0.5, 0.6) is 5.75 Å². The number of benzene rings is 1. The average molecular weight is 296 g/mol. The van der Waals surface area contributed by atoms with Crippen LogP contribution in [0.15, 0.2) is 23.7 Å². The first-order valence-electron chi connectivity index (χ1n) is 5.90. The highest BCUT2D eigenvalue weighted by atomic mass is 35.5. The molecule has 100 valence electrons. The van der Waals surface area contributed by atoms with E-state index < -0.39 is 0 Å². The van der Waals surface area contributed by atoms with E-state index in [4.69, 9.17) is 16.3 Å². The summed E-state index contributed by atoms with van der Waals surface area (Å²) < 4.78 is 5.68. The Morgan fingerprint density at radius 2 is 2.26 bits per heavy atom. The first-order valence-corrected chi connectivity index (χ1v) is 7.16. The standard InChI is InChI=1S/C14H14ClNO2S/c1-9-14(19-8-16-9)5-6-18-13-4-3-11(15)7-12(13)10(2)17/h3-4,7-8H,5-6H2,1-2H3. The number of carbonyl (C=O) groups is 1. The van der Waals surface area contributed by atoms with Crippen molar-refractivity contribution < 1.29 is 9.53 Å². The maximum atomic E-state index is 11.5. The predicted octanol–water partition coefficient (Wildman–Crippen LogP) is 3.93. The zero-order chi connectivity index (χ0) is 13.8. The van der Waals surface area contributed by atoms with Gasteiger partial charge in [-0.2, -0.15) is 0 Å². The monoisotopic (exact) mass is 295 g/mol. The Kier molecular flexibility index (Phi) is 4.56. The summed E-state index contributed by atoms with van der Waals surface area (Å²) in [4.78, 5) is 16.9. The summed E-state index contributed by atoms with van der Waals surface area (Å²) >= 11 is 7.50. The van der Waals surface area contributed by atoms with E-state index in [-0.39, 0.29) is 5.78 Å². The number of aryl methyl sites for hydroxylation is 1. The minimum atomic E-state index is -0.0496. The molecule has 2 rings (SSSR count). The fourth-order valence-electron chi connectivity index (χ4n) is 1.72. The number of ketones is 1. The van der Waals surface area contributed by atoms with E-state index in [1.165, 1.54) is 11.8 Å². The SMILES string of the molecule is CC(=O)c1cc(Cl)ccc1OCCc1scnc1C. The van der Waals surface area contributed by atoms with E-state index in [0.717, 1.165) is 12.1 Å². The molecule has 1 heterocycles. The normalized spacial score (nSPS) is 10.5. The summed E-state index contributed by atoms with van der Waals surface area (Å²) in [7, 11) is 0. The molecule has 0 aliphatic rings. The highest BCUT2D eigenvalue weighted by Gasteiger charge is 2.10. The molecular formula is C14H14ClNO2S. The van der Waals surface area contributed by atoms with Crippen LogP contribution in [0, 0.1) is 6.92 Å². The summed E-state index contributed by atoms with van der Waals surface area (Å²) in [5, 5.41) is 0.538. The lowest BCUT2D eigenvalue weighted by atomic mass is 10.1. The number of halogens is 1. The number of hydrogen-bond acceptors (Lipinski definition) is 4. The fraction of sp³-hybridized carbons (Fsp3) is 0.286. The van der Waals surface area contributed by atoms with Crippen molar-refractivity contribution in [2.24, 2.45) is 0 Å². The first kappa shape index (κ1) is 14.0. The lowest BCUT2D eigenvalue weighted by Gasteiger charge is -2.09. The molecule has 0 aliphatic heterocycles. The topological polar surface area (TPSA) is 39.2 Å². The molecule has 0 unspecified atom stereocenters. The van der Waals surface area contributed by atoms with E-state index in [9.17, 15) is 4.79 Å². The highest BCUT2D eigenvalue weighted by molar-refractivity contribution is 7.09. The second kappa shape index (κ2) is 6.17. The van der Waals surface area contributed by atoms with Gasteiger partial charge in [-0.15, -0.1) is 11.3 Å². The van der Waals surface area contributed by atoms with Crippen molar-refractivity contribution in [1.82, 2.24) is 4.98 Å². The molecule has 0 saturated carbocycles. The number of ether oxygens (including phenoxy) is 1. The maximum Gasteiger partial charge on any atom is 0.163 e. The van der Waals surface area contributed by atoms with Gasteiger partial charge in [-0.05, 0) is 32.0 Å². The van der Waals surface area contributed by atoms with E-state index in [2.05, 4.69) is 4.98 Å². The fourth-order valence-corrected chi connectivity index (χ4v) is 2.66. The van der Waals surface area contributed by atoms with Gasteiger partial charge in [0.05, 0.1) is 23.4 Å². The van der Waals surface area contributed by atoms with Crippen LogP contribution in [0.4, 0.5) is 0 Å². The number of aromatic nitrogens is 1. The molecule has 5 heteroatoms. The molecule has 0 bridgehead atoms. The molecule has 3 nitrogen and oxygen atoms in total. The number of thiazole rings is 1. The van der Waals surface area contributed by atoms with Crippen LogP contribution in [0.1, 0.15) is 27.9 Å². The Morgan fingerprint density at radius 1 is 1.47 bits per heavy atom. The van der Waals surface area contributed by atoms with E-state index in [1.807, 2.05) is 12.4 Å². The van der Waals surface area contributed by atoms with Crippen LogP contribution in [0.3, 0.4) is 0 Å². The van der Waals surface area contributed by atoms with Crippen molar-refractivity contribution in [2.45, 2.75) is 20.3 Å². The van der Waals surface area contributed by atoms with E-state index in [1.54, 1.807) is 29.5 Å². The third-order valence-electron chi connectivity index (χ3n) is 2.75. The molecule has 2 aromatic rings. The minimum absolute atomic E-state index is 0.0496. The quantitative estimate of drug-likeness (QED) is 0.785. The third kappa shape index (κ3) is 3.55. The Bertz CT molecular complexity index is 595. The number of nitrogens with zero attached hydrogens (tertiary/aromatic N) is 1. The molecule has 0 fully saturated rings. The van der Waals surface area contributed by atoms with Gasteiger partial charge in [0.25, 0.3) is 0 Å². The Labute approximate surface area is 121 Å². The molecule has 0 saturated heterocycles. The Hall–Kier alpha value is -1.39. The average Bonchev–Trinajstić information content (AvgIpc) is 2.77. The van der Waals surface area contributed by atoms with E-state index in [0.29, 0.717) is 22.9 Å². The van der Waals surface area contributed by atoms with Gasteiger partial charge < -0.3 is 4.74 Å². The smallest absolute Gasteiger partial charge is 0.163 e. The molecule has 1 aromatic carbocycles. The third-order valence-corrected chi connectivity index (χ3v) is 3.98. The van der Waals surface area contributed by atoms with Gasteiger partial charge in [0.2, 0.25) is 0 Å². The largest absolute Gasteiger partial charge is 0.492 e. The van der Waals surface area contributed by atoms with Crippen molar-refractivity contribution in [3.05, 3.63) is 44.9 Å². The van der Waals surface area contributed by atoms with Gasteiger partial charge in [0, 0.05) is 16.3 Å². The summed E-state index contributed by atoms with van der Waals surface area (Å²) in [5.41, 5.74) is 3.39. The van der Waals surface area contributed by atoms with Gasteiger partial charge in [0.1, 0.15) is 5.75 Å². The second-order valence-corrected chi connectivity index (χ2v) is 5.53. The van der Waals surface area contributed by atoms with Crippen LogP contribution < -0.4 is 4.74 Å². The number of hydrogen-bond donors (Lipinski definition) is 0. The number of Topliss-reactive ketones (excluding diaryl/α,β-unsaturated/α-hetero) is 1. The first-order chi connectivity index (χ1) is 9.08. The highest BCUT2D eigenvalue weighted by Crippen LogP contribution is 2.24. The Morgan fingerprint density at radius 3 is 2.89 bits per heavy atom. The lowest BCUT2D eigenvalue weighted by Crippen LogP contribution is -2.05. The van der Waals surface area contributed by atoms with Crippen LogP contribution in [0.2, 0.25) is 5.02 Å². The van der Waals surface area contributed by atoms with Gasteiger partial charge >= 0.3 is 0 Å². The molecule has 0 amide bonds. The molecule has 1 aromatic heterocycles. The molecule has 0 aliphatic carbocycles. The predicted molar refractivity (Wildman–Crippen MR) is 77.5 cm³/mol. The lowest BCUT2D eigenvalue weighted by molar-refractivity contribution is 0.101. The second-order valence-electron chi connectivity index (χ2n) is 4.16. The van der Waals surface area contributed by atoms with Crippen molar-refractivity contribution >= 4 is 28.7 Å². The van der Waals surface area contributed by atoms with Crippen LogP contribution >= 0.6 is 22.9 Å². The summed E-state index contributed by atoms with van der Waals surface area (Å²) in [6.07, 6.45) is 0.788. The molecular weight excluding hydrogens is 282 g/mol. The van der Waals surface area contributed by atoms with Crippen molar-refractivity contribution in [3.8, 4) is 5.75 Å². The van der Waals surface area contributed by atoms with Gasteiger partial charge in [-0.1, -0.05) is 11.6 Å². The number of carbonyl (C=O) groups excluding carboxylic acids is 1. The molecule has 0 atom stereocenters. The molecule has 0 radical (unpaired) electrons. The zero-order valence-electron chi connectivity index (χ0n) is 10.8. The van der Waals surface area contributed by atoms with Crippen molar-refractivity contribution in [3.63, 3.8) is 0 Å². The number of rotatable bonds is 5. The van der Waals surface area contributed by atoms with Crippen molar-refractivity contribution in [1.29, 1.82) is 0 Å². The maximum absolute atomic E-state index is 11.5. The zero-order valence-corrected chi connectivity index (χ0v) is 12.3. The summed E-state index contributed by atoms with van der Waals surface area (Å²) in [5.74, 6) is 0.533.